The molecule has 4 N–H and O–H groups in total. The summed E-state index contributed by atoms with van der Waals surface area (Å²) >= 11 is 0.780. The summed E-state index contributed by atoms with van der Waals surface area (Å²) in [5.74, 6) is 0.547. The number of hydrogen-bond donors (Lipinski definition) is 2. The van der Waals surface area contributed by atoms with Crippen molar-refractivity contribution in [2.24, 2.45) is 0 Å². The predicted octanol–water partition coefficient (Wildman–Crippen LogP) is 3.09. The molecule has 0 bridgehead atoms. The van der Waals surface area contributed by atoms with E-state index in [0.717, 1.165) is 23.2 Å². The van der Waals surface area contributed by atoms with Crippen molar-refractivity contribution in [3.05, 3.63) is 42.5 Å². The van der Waals surface area contributed by atoms with E-state index in [9.17, 15) is 4.79 Å². The third-order valence-corrected chi connectivity index (χ3v) is 2.98. The summed E-state index contributed by atoms with van der Waals surface area (Å²) in [7, 11) is 0. The zero-order valence-corrected chi connectivity index (χ0v) is 11.2. The Balaban J connectivity index is 2.46. The summed E-state index contributed by atoms with van der Waals surface area (Å²) in [5, 5.41) is -0.124. The number of nitrogens with two attached hydrogens (primary N) is 2. The second-order valence-electron chi connectivity index (χ2n) is 4.00. The summed E-state index contributed by atoms with van der Waals surface area (Å²) in [5.41, 5.74) is 14.6. The van der Waals surface area contributed by atoms with E-state index in [2.05, 4.69) is 0 Å². The first-order chi connectivity index (χ1) is 9.08. The molecule has 0 spiro atoms. The first-order valence-corrected chi connectivity index (χ1v) is 6.41. The molecule has 5 heteroatoms. The number of carbonyl (C=O) groups excluding carboxylic acids is 1. The molecule has 0 saturated heterocycles. The Bertz CT molecular complexity index is 614. The van der Waals surface area contributed by atoms with Crippen molar-refractivity contribution in [2.75, 3.05) is 11.5 Å². The van der Waals surface area contributed by atoms with Crippen LogP contribution in [0, 0.1) is 0 Å². The average Bonchev–Trinajstić information content (AvgIpc) is 2.36. The Morgan fingerprint density at radius 1 is 1.16 bits per heavy atom. The molecule has 0 aliphatic heterocycles. The number of rotatable bonds is 3. The van der Waals surface area contributed by atoms with Gasteiger partial charge in [-0.2, -0.15) is 0 Å². The highest BCUT2D eigenvalue weighted by Gasteiger charge is 2.11. The van der Waals surface area contributed by atoms with Crippen molar-refractivity contribution in [2.45, 2.75) is 6.92 Å². The molecule has 0 aliphatic rings. The molecular formula is C14H14N2O2S. The number of hydrogen-bond acceptors (Lipinski definition) is 5. The molecule has 2 aromatic rings. The van der Waals surface area contributed by atoms with E-state index in [4.69, 9.17) is 15.7 Å². The van der Waals surface area contributed by atoms with Gasteiger partial charge in [0.15, 0.2) is 0 Å². The fourth-order valence-corrected chi connectivity index (χ4v) is 2.07. The highest BCUT2D eigenvalue weighted by molar-refractivity contribution is 8.09. The maximum atomic E-state index is 11.0. The molecule has 2 rings (SSSR count). The molecule has 0 heterocycles. The SMILES string of the molecule is CC(=O)SOc1cccc(N)c1-c1cccc(N)c1. The van der Waals surface area contributed by atoms with E-state index >= 15 is 0 Å². The van der Waals surface area contributed by atoms with E-state index in [1.807, 2.05) is 18.2 Å². The first-order valence-electron chi connectivity index (χ1n) is 5.67. The third-order valence-electron chi connectivity index (χ3n) is 2.48. The van der Waals surface area contributed by atoms with Crippen molar-refractivity contribution < 1.29 is 8.98 Å². The van der Waals surface area contributed by atoms with Crippen molar-refractivity contribution in [3.8, 4) is 16.9 Å². The first kappa shape index (κ1) is 13.3. The largest absolute Gasteiger partial charge is 0.417 e. The smallest absolute Gasteiger partial charge is 0.224 e. The molecule has 98 valence electrons. The van der Waals surface area contributed by atoms with E-state index in [-0.39, 0.29) is 5.12 Å². The minimum Gasteiger partial charge on any atom is -0.417 e. The van der Waals surface area contributed by atoms with Crippen molar-refractivity contribution in [1.82, 2.24) is 0 Å². The highest BCUT2D eigenvalue weighted by atomic mass is 32.2. The Hall–Kier alpha value is -2.14. The predicted molar refractivity (Wildman–Crippen MR) is 79.6 cm³/mol. The molecule has 0 radical (unpaired) electrons. The lowest BCUT2D eigenvalue weighted by molar-refractivity contribution is -0.109. The molecular weight excluding hydrogens is 260 g/mol. The molecule has 19 heavy (non-hydrogen) atoms. The lowest BCUT2D eigenvalue weighted by Crippen LogP contribution is -1.96. The van der Waals surface area contributed by atoms with Crippen LogP contribution in [0.25, 0.3) is 11.1 Å². The zero-order valence-electron chi connectivity index (χ0n) is 10.4. The van der Waals surface area contributed by atoms with Gasteiger partial charge in [0.2, 0.25) is 5.12 Å². The molecule has 0 atom stereocenters. The van der Waals surface area contributed by atoms with Crippen LogP contribution in [0.2, 0.25) is 0 Å². The van der Waals surface area contributed by atoms with Crippen LogP contribution >= 0.6 is 12.0 Å². The second kappa shape index (κ2) is 5.67. The van der Waals surface area contributed by atoms with Gasteiger partial charge in [-0.1, -0.05) is 18.2 Å². The van der Waals surface area contributed by atoms with Crippen LogP contribution in [-0.2, 0) is 4.79 Å². The van der Waals surface area contributed by atoms with Crippen molar-refractivity contribution in [1.29, 1.82) is 0 Å². The number of carbonyl (C=O) groups is 1. The molecule has 0 aromatic heterocycles. The average molecular weight is 274 g/mol. The topological polar surface area (TPSA) is 78.3 Å². The van der Waals surface area contributed by atoms with Gasteiger partial charge in [0.05, 0.1) is 0 Å². The van der Waals surface area contributed by atoms with Crippen LogP contribution < -0.4 is 15.7 Å². The fraction of sp³-hybridized carbons (Fsp3) is 0.0714. The highest BCUT2D eigenvalue weighted by Crippen LogP contribution is 2.37. The van der Waals surface area contributed by atoms with Gasteiger partial charge in [0, 0.05) is 23.9 Å². The van der Waals surface area contributed by atoms with E-state index in [1.54, 1.807) is 24.3 Å². The van der Waals surface area contributed by atoms with Crippen molar-refractivity contribution >= 4 is 28.5 Å². The second-order valence-corrected chi connectivity index (χ2v) is 4.91. The summed E-state index contributed by atoms with van der Waals surface area (Å²) in [4.78, 5) is 11.0. The lowest BCUT2D eigenvalue weighted by Gasteiger charge is -2.12. The third kappa shape index (κ3) is 3.20. The fourth-order valence-electron chi connectivity index (χ4n) is 1.72. The molecule has 0 amide bonds. The molecule has 0 saturated carbocycles. The Kier molecular flexibility index (Phi) is 3.97. The summed E-state index contributed by atoms with van der Waals surface area (Å²) in [6.45, 7) is 1.44. The van der Waals surface area contributed by atoms with E-state index in [0.29, 0.717) is 17.1 Å². The van der Waals surface area contributed by atoms with Gasteiger partial charge in [-0.3, -0.25) is 4.79 Å². The maximum Gasteiger partial charge on any atom is 0.224 e. The van der Waals surface area contributed by atoms with Gasteiger partial charge < -0.3 is 15.7 Å². The van der Waals surface area contributed by atoms with Gasteiger partial charge in [0.1, 0.15) is 17.8 Å². The van der Waals surface area contributed by atoms with Gasteiger partial charge in [-0.15, -0.1) is 0 Å². The standard InChI is InChI=1S/C14H14N2O2S/c1-9(17)19-18-13-7-3-6-12(16)14(13)10-4-2-5-11(15)8-10/h2-8H,15-16H2,1H3. The van der Waals surface area contributed by atoms with Crippen LogP contribution in [0.15, 0.2) is 42.5 Å². The Morgan fingerprint density at radius 3 is 2.58 bits per heavy atom. The number of benzene rings is 2. The van der Waals surface area contributed by atoms with Gasteiger partial charge in [0.25, 0.3) is 0 Å². The Morgan fingerprint density at radius 2 is 1.89 bits per heavy atom. The van der Waals surface area contributed by atoms with Crippen molar-refractivity contribution in [3.63, 3.8) is 0 Å². The normalized spacial score (nSPS) is 10.2. The zero-order chi connectivity index (χ0) is 13.8. The van der Waals surface area contributed by atoms with Crippen LogP contribution in [0.5, 0.6) is 5.75 Å². The Labute approximate surface area is 116 Å². The number of anilines is 2. The summed E-state index contributed by atoms with van der Waals surface area (Å²) in [6, 6.07) is 12.7. The van der Waals surface area contributed by atoms with Crippen LogP contribution in [0.4, 0.5) is 11.4 Å². The van der Waals surface area contributed by atoms with E-state index in [1.165, 1.54) is 6.92 Å². The summed E-state index contributed by atoms with van der Waals surface area (Å²) < 4.78 is 5.42. The maximum absolute atomic E-state index is 11.0. The minimum atomic E-state index is -0.124. The van der Waals surface area contributed by atoms with Gasteiger partial charge in [-0.25, -0.2) is 0 Å². The molecule has 0 fully saturated rings. The quantitative estimate of drug-likeness (QED) is 0.664. The summed E-state index contributed by atoms with van der Waals surface area (Å²) in [6.07, 6.45) is 0. The van der Waals surface area contributed by atoms with E-state index < -0.39 is 0 Å². The van der Waals surface area contributed by atoms with Gasteiger partial charge >= 0.3 is 0 Å². The lowest BCUT2D eigenvalue weighted by atomic mass is 10.0. The molecule has 0 aliphatic carbocycles. The van der Waals surface area contributed by atoms with Crippen LogP contribution in [0.1, 0.15) is 6.92 Å². The molecule has 4 nitrogen and oxygen atoms in total. The monoisotopic (exact) mass is 274 g/mol. The molecule has 2 aromatic carbocycles. The molecule has 0 unspecified atom stereocenters. The van der Waals surface area contributed by atoms with Crippen LogP contribution in [-0.4, -0.2) is 5.12 Å². The van der Waals surface area contributed by atoms with Gasteiger partial charge in [-0.05, 0) is 29.8 Å². The minimum absolute atomic E-state index is 0.124. The number of nitrogen functional groups attached to an aromatic ring is 2. The van der Waals surface area contributed by atoms with Crippen LogP contribution in [0.3, 0.4) is 0 Å².